The quantitative estimate of drug-likeness (QED) is 0.210. The smallest absolute Gasteiger partial charge is 0.303 e. The molecular weight excluding hydrogens is 380 g/mol. The monoisotopic (exact) mass is 428 g/mol. The van der Waals surface area contributed by atoms with Crippen molar-refractivity contribution in [2.45, 2.75) is 122 Å². The molecule has 0 aromatic heterocycles. The first kappa shape index (κ1) is 27.5. The molecule has 0 amide bonds. The van der Waals surface area contributed by atoms with Gasteiger partial charge in [0.05, 0.1) is 6.42 Å². The van der Waals surface area contributed by atoms with Gasteiger partial charge in [0.15, 0.2) is 0 Å². The van der Waals surface area contributed by atoms with E-state index in [1.54, 1.807) is 0 Å². The molecule has 1 rings (SSSR count). The Morgan fingerprint density at radius 1 is 0.806 bits per heavy atom. The van der Waals surface area contributed by atoms with Crippen LogP contribution in [0.4, 0.5) is 0 Å². The fourth-order valence-corrected chi connectivity index (χ4v) is 4.79. The van der Waals surface area contributed by atoms with Crippen LogP contribution in [0, 0.1) is 5.92 Å². The molecule has 0 saturated heterocycles. The summed E-state index contributed by atoms with van der Waals surface area (Å²) in [5.74, 6) is -0.114. The summed E-state index contributed by atoms with van der Waals surface area (Å²) >= 11 is 0. The largest absolute Gasteiger partial charge is 0.481 e. The molecule has 2 nitrogen and oxygen atoms in total. The number of carboxylic acids is 1. The van der Waals surface area contributed by atoms with Crippen LogP contribution in [0.15, 0.2) is 30.8 Å². The van der Waals surface area contributed by atoms with Crippen molar-refractivity contribution < 1.29 is 9.90 Å². The van der Waals surface area contributed by atoms with Gasteiger partial charge in [0, 0.05) is 0 Å². The lowest BCUT2D eigenvalue weighted by Crippen LogP contribution is -2.17. The number of hydrogen-bond donors (Lipinski definition) is 1. The fourth-order valence-electron chi connectivity index (χ4n) is 4.79. The third-order valence-electron chi connectivity index (χ3n) is 6.65. The van der Waals surface area contributed by atoms with Gasteiger partial charge in [0.25, 0.3) is 0 Å². The second kappa shape index (κ2) is 18.0. The Labute approximate surface area is 192 Å². The van der Waals surface area contributed by atoms with Crippen molar-refractivity contribution in [1.82, 2.24) is 0 Å². The average Bonchev–Trinajstić information content (AvgIpc) is 2.77. The Morgan fingerprint density at radius 3 is 1.77 bits per heavy atom. The molecule has 2 unspecified atom stereocenters. The van der Waals surface area contributed by atoms with Crippen molar-refractivity contribution in [3.63, 3.8) is 0 Å². The molecule has 2 atom stereocenters. The number of unbranched alkanes of at least 4 members (excludes halogenated alkanes) is 11. The summed E-state index contributed by atoms with van der Waals surface area (Å²) in [6, 6.07) is 8.33. The van der Waals surface area contributed by atoms with Crippen LogP contribution in [0.25, 0.3) is 6.08 Å². The summed E-state index contributed by atoms with van der Waals surface area (Å²) in [5, 5.41) is 9.52. The second-order valence-corrected chi connectivity index (χ2v) is 9.30. The zero-order valence-corrected chi connectivity index (χ0v) is 20.4. The maximum Gasteiger partial charge on any atom is 0.303 e. The molecule has 0 aliphatic rings. The number of rotatable bonds is 20. The van der Waals surface area contributed by atoms with Crippen LogP contribution < -0.4 is 0 Å². The summed E-state index contributed by atoms with van der Waals surface area (Å²) < 4.78 is 0. The predicted octanol–water partition coefficient (Wildman–Crippen LogP) is 9.40. The van der Waals surface area contributed by atoms with Crippen LogP contribution in [-0.4, -0.2) is 11.1 Å². The topological polar surface area (TPSA) is 37.3 Å². The second-order valence-electron chi connectivity index (χ2n) is 9.30. The minimum Gasteiger partial charge on any atom is -0.481 e. The van der Waals surface area contributed by atoms with Crippen LogP contribution >= 0.6 is 0 Å². The summed E-state index contributed by atoms with van der Waals surface area (Å²) in [7, 11) is 0. The van der Waals surface area contributed by atoms with E-state index in [4.69, 9.17) is 0 Å². The molecule has 1 N–H and O–H groups in total. The molecule has 0 aliphatic heterocycles. The Balaban J connectivity index is 2.37. The van der Waals surface area contributed by atoms with Gasteiger partial charge in [-0.05, 0) is 29.4 Å². The predicted molar refractivity (Wildman–Crippen MR) is 136 cm³/mol. The van der Waals surface area contributed by atoms with Crippen LogP contribution in [0.3, 0.4) is 0 Å². The molecular formula is C29H48O2. The van der Waals surface area contributed by atoms with Gasteiger partial charge in [-0.3, -0.25) is 4.79 Å². The fraction of sp³-hybridized carbons (Fsp3) is 0.690. The maximum absolute atomic E-state index is 11.6. The zero-order chi connectivity index (χ0) is 22.7. The van der Waals surface area contributed by atoms with Gasteiger partial charge in [0.2, 0.25) is 0 Å². The van der Waals surface area contributed by atoms with E-state index in [-0.39, 0.29) is 12.3 Å². The summed E-state index contributed by atoms with van der Waals surface area (Å²) in [5.41, 5.74) is 2.26. The van der Waals surface area contributed by atoms with Crippen molar-refractivity contribution >= 4 is 12.0 Å². The third-order valence-corrected chi connectivity index (χ3v) is 6.65. The first-order valence-electron chi connectivity index (χ1n) is 13.1. The van der Waals surface area contributed by atoms with E-state index in [2.05, 4.69) is 44.7 Å². The highest BCUT2D eigenvalue weighted by atomic mass is 16.4. The summed E-state index contributed by atoms with van der Waals surface area (Å²) in [4.78, 5) is 11.6. The molecule has 0 fully saturated rings. The highest BCUT2D eigenvalue weighted by molar-refractivity contribution is 5.68. The first-order chi connectivity index (χ1) is 15.1. The summed E-state index contributed by atoms with van der Waals surface area (Å²) in [6.07, 6.45) is 21.8. The first-order valence-corrected chi connectivity index (χ1v) is 13.1. The van der Waals surface area contributed by atoms with Crippen LogP contribution in [0.5, 0.6) is 0 Å². The highest BCUT2D eigenvalue weighted by Crippen LogP contribution is 2.35. The lowest BCUT2D eigenvalue weighted by atomic mass is 9.78. The molecule has 0 heterocycles. The molecule has 0 radical (unpaired) electrons. The van der Waals surface area contributed by atoms with Gasteiger partial charge in [0.1, 0.15) is 0 Å². The SMILES string of the molecule is C=Cc1ccc(C(CC(=O)O)C(CCC)CCCCCCCCCCCCCC)cc1. The van der Waals surface area contributed by atoms with E-state index in [9.17, 15) is 9.90 Å². The Morgan fingerprint density at radius 2 is 1.32 bits per heavy atom. The zero-order valence-electron chi connectivity index (χ0n) is 20.4. The Kier molecular flexibility index (Phi) is 16.0. The average molecular weight is 429 g/mol. The van der Waals surface area contributed by atoms with Gasteiger partial charge in [-0.2, -0.15) is 0 Å². The van der Waals surface area contributed by atoms with Gasteiger partial charge in [-0.1, -0.05) is 141 Å². The van der Waals surface area contributed by atoms with Crippen molar-refractivity contribution in [2.75, 3.05) is 0 Å². The molecule has 176 valence electrons. The van der Waals surface area contributed by atoms with E-state index < -0.39 is 5.97 Å². The van der Waals surface area contributed by atoms with Crippen molar-refractivity contribution in [3.05, 3.63) is 42.0 Å². The van der Waals surface area contributed by atoms with Crippen molar-refractivity contribution in [3.8, 4) is 0 Å². The number of benzene rings is 1. The third kappa shape index (κ3) is 12.8. The Bertz CT molecular complexity index is 575. The van der Waals surface area contributed by atoms with E-state index in [0.717, 1.165) is 24.8 Å². The molecule has 0 aliphatic carbocycles. The van der Waals surface area contributed by atoms with Gasteiger partial charge >= 0.3 is 5.97 Å². The lowest BCUT2D eigenvalue weighted by Gasteiger charge is -2.26. The number of carboxylic acid groups (broad SMARTS) is 1. The molecule has 31 heavy (non-hydrogen) atoms. The van der Waals surface area contributed by atoms with Crippen molar-refractivity contribution in [2.24, 2.45) is 5.92 Å². The molecule has 1 aromatic rings. The molecule has 0 bridgehead atoms. The van der Waals surface area contributed by atoms with E-state index in [1.807, 2.05) is 6.08 Å². The van der Waals surface area contributed by atoms with E-state index in [1.165, 1.54) is 82.6 Å². The standard InChI is InChI=1S/C29H48O2/c1-4-7-8-9-10-11-12-13-14-15-16-17-19-26(18-5-2)28(24-29(30)31)27-22-20-25(6-3)21-23-27/h6,20-23,26,28H,3-5,7-19,24H2,1-2H3,(H,30,31). The minimum absolute atomic E-state index is 0.115. The van der Waals surface area contributed by atoms with Crippen LogP contribution in [0.1, 0.15) is 134 Å². The highest BCUT2D eigenvalue weighted by Gasteiger charge is 2.24. The minimum atomic E-state index is -0.686. The Hall–Kier alpha value is -1.57. The van der Waals surface area contributed by atoms with Gasteiger partial charge in [-0.15, -0.1) is 0 Å². The van der Waals surface area contributed by atoms with Crippen LogP contribution in [0.2, 0.25) is 0 Å². The van der Waals surface area contributed by atoms with E-state index in [0.29, 0.717) is 5.92 Å². The molecule has 2 heteroatoms. The van der Waals surface area contributed by atoms with Gasteiger partial charge < -0.3 is 5.11 Å². The number of carbonyl (C=O) groups is 1. The molecule has 0 spiro atoms. The van der Waals surface area contributed by atoms with Crippen molar-refractivity contribution in [1.29, 1.82) is 0 Å². The van der Waals surface area contributed by atoms with Gasteiger partial charge in [-0.25, -0.2) is 0 Å². The number of hydrogen-bond acceptors (Lipinski definition) is 1. The molecule has 1 aromatic carbocycles. The maximum atomic E-state index is 11.6. The van der Waals surface area contributed by atoms with Crippen LogP contribution in [-0.2, 0) is 4.79 Å². The normalized spacial score (nSPS) is 13.1. The lowest BCUT2D eigenvalue weighted by molar-refractivity contribution is -0.137. The summed E-state index contributed by atoms with van der Waals surface area (Å²) in [6.45, 7) is 8.31. The van der Waals surface area contributed by atoms with E-state index >= 15 is 0 Å². The molecule has 0 saturated carbocycles. The number of aliphatic carboxylic acids is 1.